The molecular weight excluding hydrogens is 290 g/mol. The smallest absolute Gasteiger partial charge is 0.226 e. The predicted octanol–water partition coefficient (Wildman–Crippen LogP) is 3.16. The number of nitrogens with zero attached hydrogens (tertiary/aromatic N) is 2. The molecular formula is C18H25N3O2. The second-order valence-corrected chi connectivity index (χ2v) is 6.30. The molecule has 124 valence electrons. The van der Waals surface area contributed by atoms with Gasteiger partial charge in [-0.2, -0.15) is 4.98 Å². The molecule has 1 aliphatic rings. The summed E-state index contributed by atoms with van der Waals surface area (Å²) in [5, 5.41) is 7.62. The first-order valence-corrected chi connectivity index (χ1v) is 8.43. The van der Waals surface area contributed by atoms with Gasteiger partial charge in [0, 0.05) is 12.3 Å². The fourth-order valence-corrected chi connectivity index (χ4v) is 3.10. The van der Waals surface area contributed by atoms with Gasteiger partial charge in [0.15, 0.2) is 5.82 Å². The summed E-state index contributed by atoms with van der Waals surface area (Å²) in [4.78, 5) is 4.59. The molecule has 1 aromatic carbocycles. The van der Waals surface area contributed by atoms with Crippen LogP contribution in [0.1, 0.15) is 49.4 Å². The number of methoxy groups -OCH3 is 1. The third-order valence-electron chi connectivity index (χ3n) is 4.63. The molecule has 1 aliphatic heterocycles. The average Bonchev–Trinajstić information content (AvgIpc) is 3.09. The molecule has 0 aliphatic carbocycles. The van der Waals surface area contributed by atoms with Gasteiger partial charge in [0.1, 0.15) is 5.75 Å². The zero-order valence-electron chi connectivity index (χ0n) is 13.9. The van der Waals surface area contributed by atoms with Crippen molar-refractivity contribution >= 4 is 0 Å². The fourth-order valence-electron chi connectivity index (χ4n) is 3.10. The van der Waals surface area contributed by atoms with Gasteiger partial charge in [-0.05, 0) is 56.0 Å². The van der Waals surface area contributed by atoms with Crippen molar-refractivity contribution in [2.45, 2.75) is 38.5 Å². The Labute approximate surface area is 137 Å². The van der Waals surface area contributed by atoms with Gasteiger partial charge >= 0.3 is 0 Å². The number of aryl methyl sites for hydroxylation is 1. The van der Waals surface area contributed by atoms with E-state index in [-0.39, 0.29) is 5.92 Å². The first-order valence-electron chi connectivity index (χ1n) is 8.43. The highest BCUT2D eigenvalue weighted by molar-refractivity contribution is 5.33. The topological polar surface area (TPSA) is 60.2 Å². The van der Waals surface area contributed by atoms with E-state index in [1.165, 1.54) is 12.8 Å². The van der Waals surface area contributed by atoms with E-state index in [0.29, 0.717) is 0 Å². The van der Waals surface area contributed by atoms with Crippen LogP contribution in [0.4, 0.5) is 0 Å². The number of ether oxygens (including phenoxy) is 1. The third kappa shape index (κ3) is 4.10. The summed E-state index contributed by atoms with van der Waals surface area (Å²) in [6, 6.07) is 8.02. The van der Waals surface area contributed by atoms with E-state index in [9.17, 15) is 0 Å². The molecule has 5 nitrogen and oxygen atoms in total. The second kappa shape index (κ2) is 7.59. The molecule has 1 fully saturated rings. The lowest BCUT2D eigenvalue weighted by Crippen LogP contribution is -2.29. The van der Waals surface area contributed by atoms with Crippen LogP contribution in [-0.2, 0) is 6.42 Å². The minimum atomic E-state index is 0.0962. The van der Waals surface area contributed by atoms with Crippen LogP contribution in [0.3, 0.4) is 0 Å². The van der Waals surface area contributed by atoms with Crippen LogP contribution < -0.4 is 10.1 Å². The molecule has 0 radical (unpaired) electrons. The van der Waals surface area contributed by atoms with Crippen molar-refractivity contribution < 1.29 is 9.26 Å². The number of hydrogen-bond acceptors (Lipinski definition) is 5. The highest BCUT2D eigenvalue weighted by Gasteiger charge is 2.18. The van der Waals surface area contributed by atoms with E-state index in [2.05, 4.69) is 28.4 Å². The van der Waals surface area contributed by atoms with Gasteiger partial charge in [-0.15, -0.1) is 0 Å². The van der Waals surface area contributed by atoms with Crippen molar-refractivity contribution in [1.82, 2.24) is 15.5 Å². The molecule has 2 atom stereocenters. The molecule has 1 N–H and O–H groups in total. The normalized spacial score (nSPS) is 19.5. The van der Waals surface area contributed by atoms with Gasteiger partial charge in [-0.25, -0.2) is 0 Å². The van der Waals surface area contributed by atoms with Crippen molar-refractivity contribution in [3.63, 3.8) is 0 Å². The van der Waals surface area contributed by atoms with E-state index in [1.54, 1.807) is 7.11 Å². The molecule has 1 saturated heterocycles. The van der Waals surface area contributed by atoms with Crippen LogP contribution in [0.15, 0.2) is 28.8 Å². The lowest BCUT2D eigenvalue weighted by Gasteiger charge is -2.21. The summed E-state index contributed by atoms with van der Waals surface area (Å²) in [5.74, 6) is 3.17. The van der Waals surface area contributed by atoms with Crippen LogP contribution in [0.25, 0.3) is 0 Å². The summed E-state index contributed by atoms with van der Waals surface area (Å²) in [6.07, 6.45) is 4.55. The summed E-state index contributed by atoms with van der Waals surface area (Å²) < 4.78 is 10.7. The standard InChI is InChI=1S/C18H25N3O2/c1-13(15-6-3-7-16(11-15)22-2)18-20-17(23-21-18)9-8-14-5-4-10-19-12-14/h3,6-7,11,13-14,19H,4-5,8-10,12H2,1-2H3. The molecule has 23 heavy (non-hydrogen) atoms. The minimum absolute atomic E-state index is 0.0962. The maximum absolute atomic E-state index is 5.44. The van der Waals surface area contributed by atoms with Gasteiger partial charge in [0.25, 0.3) is 0 Å². The highest BCUT2D eigenvalue weighted by Crippen LogP contribution is 2.25. The molecule has 2 aromatic rings. The highest BCUT2D eigenvalue weighted by atomic mass is 16.5. The largest absolute Gasteiger partial charge is 0.497 e. The van der Waals surface area contributed by atoms with E-state index in [4.69, 9.17) is 9.26 Å². The molecule has 0 bridgehead atoms. The van der Waals surface area contributed by atoms with Crippen LogP contribution in [0.2, 0.25) is 0 Å². The van der Waals surface area contributed by atoms with E-state index >= 15 is 0 Å². The minimum Gasteiger partial charge on any atom is -0.497 e. The number of rotatable bonds is 6. The van der Waals surface area contributed by atoms with Gasteiger partial charge < -0.3 is 14.6 Å². The molecule has 0 amide bonds. The quantitative estimate of drug-likeness (QED) is 0.887. The number of aromatic nitrogens is 2. The van der Waals surface area contributed by atoms with Gasteiger partial charge in [0.2, 0.25) is 5.89 Å². The monoisotopic (exact) mass is 315 g/mol. The molecule has 3 rings (SSSR count). The molecule has 2 unspecified atom stereocenters. The summed E-state index contributed by atoms with van der Waals surface area (Å²) >= 11 is 0. The first kappa shape index (κ1) is 16.0. The third-order valence-corrected chi connectivity index (χ3v) is 4.63. The van der Waals surface area contributed by atoms with Crippen LogP contribution in [0.5, 0.6) is 5.75 Å². The van der Waals surface area contributed by atoms with Crippen LogP contribution in [0, 0.1) is 5.92 Å². The van der Waals surface area contributed by atoms with E-state index in [0.717, 1.165) is 54.9 Å². The van der Waals surface area contributed by atoms with Crippen molar-refractivity contribution in [1.29, 1.82) is 0 Å². The van der Waals surface area contributed by atoms with E-state index in [1.807, 2.05) is 18.2 Å². The Kier molecular flexibility index (Phi) is 5.28. The second-order valence-electron chi connectivity index (χ2n) is 6.30. The molecule has 5 heteroatoms. The van der Waals surface area contributed by atoms with E-state index < -0.39 is 0 Å². The Morgan fingerprint density at radius 1 is 1.43 bits per heavy atom. The Morgan fingerprint density at radius 3 is 3.13 bits per heavy atom. The Morgan fingerprint density at radius 2 is 2.35 bits per heavy atom. The van der Waals surface area contributed by atoms with Crippen molar-refractivity contribution in [2.75, 3.05) is 20.2 Å². The Hall–Kier alpha value is -1.88. The number of hydrogen-bond donors (Lipinski definition) is 1. The lowest BCUT2D eigenvalue weighted by atomic mass is 9.95. The molecule has 0 spiro atoms. The molecule has 2 heterocycles. The maximum Gasteiger partial charge on any atom is 0.226 e. The Bertz CT molecular complexity index is 620. The van der Waals surface area contributed by atoms with Gasteiger partial charge in [-0.3, -0.25) is 0 Å². The van der Waals surface area contributed by atoms with Crippen molar-refractivity contribution in [3.8, 4) is 5.75 Å². The fraction of sp³-hybridized carbons (Fsp3) is 0.556. The number of nitrogens with one attached hydrogen (secondary N) is 1. The van der Waals surface area contributed by atoms with Gasteiger partial charge in [-0.1, -0.05) is 24.2 Å². The average molecular weight is 315 g/mol. The Balaban J connectivity index is 1.61. The zero-order valence-corrected chi connectivity index (χ0v) is 13.9. The maximum atomic E-state index is 5.44. The molecule has 1 aromatic heterocycles. The van der Waals surface area contributed by atoms with Crippen molar-refractivity contribution in [3.05, 3.63) is 41.5 Å². The zero-order chi connectivity index (χ0) is 16.1. The number of piperidine rings is 1. The summed E-state index contributed by atoms with van der Waals surface area (Å²) in [6.45, 7) is 4.36. The summed E-state index contributed by atoms with van der Waals surface area (Å²) in [5.41, 5.74) is 1.13. The number of benzene rings is 1. The molecule has 0 saturated carbocycles. The predicted molar refractivity (Wildman–Crippen MR) is 88.7 cm³/mol. The van der Waals surface area contributed by atoms with Crippen LogP contribution in [-0.4, -0.2) is 30.3 Å². The lowest BCUT2D eigenvalue weighted by molar-refractivity contribution is 0.325. The van der Waals surface area contributed by atoms with Crippen LogP contribution >= 0.6 is 0 Å². The first-order chi connectivity index (χ1) is 11.3. The SMILES string of the molecule is COc1cccc(C(C)c2noc(CCC3CCCNC3)n2)c1. The van der Waals surface area contributed by atoms with Crippen molar-refractivity contribution in [2.24, 2.45) is 5.92 Å². The summed E-state index contributed by atoms with van der Waals surface area (Å²) in [7, 11) is 1.68. The van der Waals surface area contributed by atoms with Gasteiger partial charge in [0.05, 0.1) is 7.11 Å².